The molecule has 0 unspecified atom stereocenters. The fourth-order valence-corrected chi connectivity index (χ4v) is 3.58. The van der Waals surface area contributed by atoms with E-state index in [4.69, 9.17) is 0 Å². The number of benzene rings is 2. The van der Waals surface area contributed by atoms with Crippen LogP contribution in [0.2, 0.25) is 0 Å². The van der Waals surface area contributed by atoms with Gasteiger partial charge in [-0.15, -0.1) is 0 Å². The van der Waals surface area contributed by atoms with Crippen LogP contribution in [0.25, 0.3) is 6.08 Å². The summed E-state index contributed by atoms with van der Waals surface area (Å²) in [4.78, 5) is 28.8. The Morgan fingerprint density at radius 1 is 0.966 bits per heavy atom. The lowest BCUT2D eigenvalue weighted by atomic mass is 10.1. The summed E-state index contributed by atoms with van der Waals surface area (Å²) in [6.07, 6.45) is 4.17. The maximum Gasteiger partial charge on any atom is 0.233 e. The standard InChI is InChI=1S/C24H29N3O2/c1-19-15-20(2)17-22(16-19)25-23(28)18-24(29)27-13-11-26(12-14-27)10-6-9-21-7-4-3-5-8-21/h3-9,15-17H,10-14,18H2,1-2H3,(H,25,28)/b9-6+. The molecule has 1 N–H and O–H groups in total. The molecule has 0 radical (unpaired) electrons. The number of carbonyl (C=O) groups excluding carboxylic acids is 2. The molecule has 3 rings (SSSR count). The van der Waals surface area contributed by atoms with Crippen LogP contribution in [-0.2, 0) is 9.59 Å². The van der Waals surface area contributed by atoms with Gasteiger partial charge in [-0.25, -0.2) is 0 Å². The van der Waals surface area contributed by atoms with E-state index in [0.717, 1.165) is 36.4 Å². The summed E-state index contributed by atoms with van der Waals surface area (Å²) in [7, 11) is 0. The first kappa shape index (κ1) is 20.8. The van der Waals surface area contributed by atoms with Gasteiger partial charge in [0.1, 0.15) is 6.42 Å². The first-order valence-electron chi connectivity index (χ1n) is 10.1. The summed E-state index contributed by atoms with van der Waals surface area (Å²) in [5.41, 5.74) is 4.11. The maximum atomic E-state index is 12.5. The van der Waals surface area contributed by atoms with Crippen LogP contribution in [0.5, 0.6) is 0 Å². The van der Waals surface area contributed by atoms with Crippen LogP contribution in [0.15, 0.2) is 54.6 Å². The third kappa shape index (κ3) is 6.57. The van der Waals surface area contributed by atoms with Crippen molar-refractivity contribution in [1.29, 1.82) is 0 Å². The Balaban J connectivity index is 1.41. The molecule has 0 aromatic heterocycles. The molecule has 1 saturated heterocycles. The molecule has 29 heavy (non-hydrogen) atoms. The molecule has 2 amide bonds. The molecular weight excluding hydrogens is 362 g/mol. The molecule has 5 heteroatoms. The van der Waals surface area contributed by atoms with Crippen molar-refractivity contribution < 1.29 is 9.59 Å². The predicted octanol–water partition coefficient (Wildman–Crippen LogP) is 3.49. The fourth-order valence-electron chi connectivity index (χ4n) is 3.58. The molecule has 2 aromatic carbocycles. The molecule has 0 spiro atoms. The van der Waals surface area contributed by atoms with Gasteiger partial charge < -0.3 is 10.2 Å². The Bertz CT molecular complexity index is 849. The van der Waals surface area contributed by atoms with Gasteiger partial charge in [-0.3, -0.25) is 14.5 Å². The van der Waals surface area contributed by atoms with E-state index >= 15 is 0 Å². The molecule has 1 fully saturated rings. The van der Waals surface area contributed by atoms with Crippen molar-refractivity contribution in [3.8, 4) is 0 Å². The second kappa shape index (κ2) is 10.0. The lowest BCUT2D eigenvalue weighted by Crippen LogP contribution is -2.49. The number of aryl methyl sites for hydroxylation is 2. The quantitative estimate of drug-likeness (QED) is 0.767. The van der Waals surface area contributed by atoms with Crippen LogP contribution < -0.4 is 5.32 Å². The summed E-state index contributed by atoms with van der Waals surface area (Å²) in [6, 6.07) is 16.1. The van der Waals surface area contributed by atoms with E-state index in [1.807, 2.05) is 44.2 Å². The number of nitrogens with one attached hydrogen (secondary N) is 1. The number of amides is 2. The monoisotopic (exact) mass is 391 g/mol. The van der Waals surface area contributed by atoms with Crippen molar-refractivity contribution in [2.75, 3.05) is 38.0 Å². The second-order valence-corrected chi connectivity index (χ2v) is 7.60. The van der Waals surface area contributed by atoms with Crippen LogP contribution in [-0.4, -0.2) is 54.3 Å². The maximum absolute atomic E-state index is 12.5. The van der Waals surface area contributed by atoms with Gasteiger partial charge in [0.05, 0.1) is 0 Å². The van der Waals surface area contributed by atoms with Crippen molar-refractivity contribution in [2.45, 2.75) is 20.3 Å². The molecule has 0 aliphatic carbocycles. The largest absolute Gasteiger partial charge is 0.340 e. The van der Waals surface area contributed by atoms with Crippen LogP contribution >= 0.6 is 0 Å². The minimum absolute atomic E-state index is 0.105. The number of hydrogen-bond acceptors (Lipinski definition) is 3. The molecule has 1 aliphatic rings. The van der Waals surface area contributed by atoms with Gasteiger partial charge in [0.25, 0.3) is 0 Å². The third-order valence-corrected chi connectivity index (χ3v) is 5.02. The van der Waals surface area contributed by atoms with Crippen molar-refractivity contribution in [3.63, 3.8) is 0 Å². The van der Waals surface area contributed by atoms with Crippen molar-refractivity contribution in [2.24, 2.45) is 0 Å². The fraction of sp³-hybridized carbons (Fsp3) is 0.333. The molecular formula is C24H29N3O2. The summed E-state index contributed by atoms with van der Waals surface area (Å²) in [5.74, 6) is -0.362. The number of anilines is 1. The van der Waals surface area contributed by atoms with Crippen LogP contribution in [0.3, 0.4) is 0 Å². The third-order valence-electron chi connectivity index (χ3n) is 5.02. The highest BCUT2D eigenvalue weighted by Crippen LogP contribution is 2.14. The molecule has 2 aromatic rings. The SMILES string of the molecule is Cc1cc(C)cc(NC(=O)CC(=O)N2CCN(C/C=C/c3ccccc3)CC2)c1. The highest BCUT2D eigenvalue weighted by Gasteiger charge is 2.22. The summed E-state index contributed by atoms with van der Waals surface area (Å²) in [6.45, 7) is 7.81. The molecule has 1 heterocycles. The molecule has 0 saturated carbocycles. The zero-order valence-corrected chi connectivity index (χ0v) is 17.2. The van der Waals surface area contributed by atoms with Crippen molar-refractivity contribution >= 4 is 23.6 Å². The molecule has 152 valence electrons. The van der Waals surface area contributed by atoms with Gasteiger partial charge in [-0.1, -0.05) is 48.6 Å². The Morgan fingerprint density at radius 3 is 2.28 bits per heavy atom. The minimum atomic E-state index is -0.256. The number of hydrogen-bond donors (Lipinski definition) is 1. The minimum Gasteiger partial charge on any atom is -0.340 e. The number of piperazine rings is 1. The van der Waals surface area contributed by atoms with Gasteiger partial charge in [-0.2, -0.15) is 0 Å². The zero-order valence-electron chi connectivity index (χ0n) is 17.2. The van der Waals surface area contributed by atoms with Gasteiger partial charge in [0, 0.05) is 38.4 Å². The predicted molar refractivity (Wildman–Crippen MR) is 118 cm³/mol. The van der Waals surface area contributed by atoms with E-state index in [0.29, 0.717) is 13.1 Å². The lowest BCUT2D eigenvalue weighted by Gasteiger charge is -2.34. The first-order valence-corrected chi connectivity index (χ1v) is 10.1. The van der Waals surface area contributed by atoms with Crippen molar-refractivity contribution in [3.05, 3.63) is 71.3 Å². The highest BCUT2D eigenvalue weighted by molar-refractivity contribution is 6.03. The van der Waals surface area contributed by atoms with E-state index in [1.165, 1.54) is 5.56 Å². The molecule has 0 bridgehead atoms. The summed E-state index contributed by atoms with van der Waals surface area (Å²) < 4.78 is 0. The number of carbonyl (C=O) groups is 2. The van der Waals surface area contributed by atoms with Gasteiger partial charge in [0.15, 0.2) is 0 Å². The van der Waals surface area contributed by atoms with Gasteiger partial charge >= 0.3 is 0 Å². The average Bonchev–Trinajstić information content (AvgIpc) is 2.68. The van der Waals surface area contributed by atoms with E-state index in [2.05, 4.69) is 40.6 Å². The topological polar surface area (TPSA) is 52.7 Å². The average molecular weight is 392 g/mol. The van der Waals surface area contributed by atoms with Gasteiger partial charge in [-0.05, 0) is 42.7 Å². The Hall–Kier alpha value is -2.92. The van der Waals surface area contributed by atoms with E-state index in [1.54, 1.807) is 4.90 Å². The van der Waals surface area contributed by atoms with Crippen molar-refractivity contribution in [1.82, 2.24) is 9.80 Å². The summed E-state index contributed by atoms with van der Waals surface area (Å²) >= 11 is 0. The van der Waals surface area contributed by atoms with Crippen LogP contribution in [0, 0.1) is 13.8 Å². The van der Waals surface area contributed by atoms with E-state index in [9.17, 15) is 9.59 Å². The summed E-state index contributed by atoms with van der Waals surface area (Å²) in [5, 5.41) is 2.84. The zero-order chi connectivity index (χ0) is 20.6. The Morgan fingerprint density at radius 2 is 1.62 bits per heavy atom. The van der Waals surface area contributed by atoms with Gasteiger partial charge in [0.2, 0.25) is 11.8 Å². The lowest BCUT2D eigenvalue weighted by molar-refractivity contribution is -0.136. The Kier molecular flexibility index (Phi) is 7.19. The first-order chi connectivity index (χ1) is 14.0. The van der Waals surface area contributed by atoms with E-state index < -0.39 is 0 Å². The molecule has 5 nitrogen and oxygen atoms in total. The Labute approximate surface area is 173 Å². The van der Waals surface area contributed by atoms with E-state index in [-0.39, 0.29) is 18.2 Å². The van der Waals surface area contributed by atoms with Crippen LogP contribution in [0.4, 0.5) is 5.69 Å². The molecule has 0 atom stereocenters. The molecule has 1 aliphatic heterocycles. The number of nitrogens with zero attached hydrogens (tertiary/aromatic N) is 2. The highest BCUT2D eigenvalue weighted by atomic mass is 16.2. The van der Waals surface area contributed by atoms with Crippen LogP contribution in [0.1, 0.15) is 23.1 Å². The second-order valence-electron chi connectivity index (χ2n) is 7.60. The normalized spacial score (nSPS) is 14.9. The smallest absolute Gasteiger partial charge is 0.233 e. The number of rotatable bonds is 6.